The van der Waals surface area contributed by atoms with Gasteiger partial charge in [0.15, 0.2) is 0 Å². The molecule has 0 rings (SSSR count). The number of hydrogen-bond acceptors (Lipinski definition) is 3. The van der Waals surface area contributed by atoms with Crippen molar-refractivity contribution in [2.45, 2.75) is 0 Å². The Kier molecular flexibility index (Phi) is 10.9. The smallest absolute Gasteiger partial charge is 0 e. The zero-order chi connectivity index (χ0) is 5.70. The van der Waals surface area contributed by atoms with Crippen molar-refractivity contribution in [3.8, 4) is 14.9 Å². The van der Waals surface area contributed by atoms with Crippen LogP contribution in [0.2, 0.25) is 0 Å². The summed E-state index contributed by atoms with van der Waals surface area (Å²) in [4.78, 5) is 4.69. The average Bonchev–Trinajstić information content (AvgIpc) is 1.72. The van der Waals surface area contributed by atoms with Crippen molar-refractivity contribution in [1.82, 2.24) is 0 Å². The van der Waals surface area contributed by atoms with Crippen molar-refractivity contribution < 1.29 is 13.9 Å². The van der Waals surface area contributed by atoms with Crippen molar-refractivity contribution in [2.75, 3.05) is 0 Å². The van der Waals surface area contributed by atoms with E-state index in [-0.39, 0.29) is 51.4 Å². The van der Waals surface area contributed by atoms with Gasteiger partial charge in [-0.2, -0.15) is 0 Å². The van der Waals surface area contributed by atoms with Gasteiger partial charge in [0.2, 0.25) is 0 Å². The Hall–Kier alpha value is 0.626. The second kappa shape index (κ2) is 7.63. The summed E-state index contributed by atoms with van der Waals surface area (Å²) in [6.07, 6.45) is 0. The van der Waals surface area contributed by atoms with Gasteiger partial charge >= 0.3 is 44.6 Å². The zero-order valence-corrected chi connectivity index (χ0v) is 8.42. The van der Waals surface area contributed by atoms with E-state index >= 15 is 0 Å². The third-order valence-corrected chi connectivity index (χ3v) is 0.978. The minimum absolute atomic E-state index is 0. The van der Waals surface area contributed by atoms with Crippen LogP contribution in [0.1, 0.15) is 0 Å². The van der Waals surface area contributed by atoms with E-state index in [1.54, 1.807) is 14.9 Å². The van der Waals surface area contributed by atoms with Crippen molar-refractivity contribution in [1.29, 1.82) is 15.8 Å². The van der Waals surface area contributed by atoms with Gasteiger partial charge in [0.1, 0.15) is 0 Å². The normalized spacial score (nSPS) is 6.38. The molecule has 0 aromatic rings. The molecule has 0 fully saturated rings. The van der Waals surface area contributed by atoms with Gasteiger partial charge in [0.05, 0.1) is 0 Å². The van der Waals surface area contributed by atoms with E-state index in [0.29, 0.717) is 0 Å². The van der Waals surface area contributed by atoms with Crippen LogP contribution in [0, 0.1) is 30.7 Å². The second-order valence-electron chi connectivity index (χ2n) is 0.502. The standard InChI is InChI=1S/3CN.Fe.K/c3*1-2;;. The molecule has 0 N–H and O–H groups in total. The van der Waals surface area contributed by atoms with Gasteiger partial charge in [-0.25, -0.2) is 0 Å². The molecule has 0 aliphatic heterocycles. The molecule has 8 heavy (non-hydrogen) atoms. The number of rotatable bonds is 0. The van der Waals surface area contributed by atoms with Crippen LogP contribution in [0.5, 0.6) is 0 Å². The largest absolute Gasteiger partial charge is 0 e. The van der Waals surface area contributed by atoms with Gasteiger partial charge in [-0.3, -0.25) is 0 Å². The van der Waals surface area contributed by atoms with E-state index < -0.39 is 13.9 Å². The van der Waals surface area contributed by atoms with Gasteiger partial charge < -0.3 is 0 Å². The molecule has 0 heterocycles. The minimum atomic E-state index is -1.79. The van der Waals surface area contributed by atoms with E-state index in [9.17, 15) is 0 Å². The molecule has 1 radical (unpaired) electrons. The van der Waals surface area contributed by atoms with Crippen LogP contribution in [-0.2, 0) is 13.9 Å². The van der Waals surface area contributed by atoms with Gasteiger partial charge in [0.25, 0.3) is 0 Å². The van der Waals surface area contributed by atoms with Crippen molar-refractivity contribution >= 4 is 51.4 Å². The first-order valence-corrected chi connectivity index (χ1v) is 2.86. The third-order valence-electron chi connectivity index (χ3n) is 0.237. The molecule has 5 heteroatoms. The quantitative estimate of drug-likeness (QED) is 0.470. The van der Waals surface area contributed by atoms with Crippen LogP contribution in [0.3, 0.4) is 0 Å². The molecular weight excluding hydrogens is 173 g/mol. The van der Waals surface area contributed by atoms with E-state index in [1.165, 1.54) is 0 Å². The summed E-state index contributed by atoms with van der Waals surface area (Å²) in [6.45, 7) is 0. The SMILES string of the molecule is N#[C][Fe]([C]#N)[C]#N.[K]. The van der Waals surface area contributed by atoms with Crippen LogP contribution >= 0.6 is 0 Å². The molecule has 0 aliphatic carbocycles. The molecule has 0 amide bonds. The van der Waals surface area contributed by atoms with Crippen LogP contribution in [0.4, 0.5) is 0 Å². The summed E-state index contributed by atoms with van der Waals surface area (Å²) < 4.78 is 0. The molecular formula is C3FeKN3. The van der Waals surface area contributed by atoms with Crippen LogP contribution in [0.25, 0.3) is 0 Å². The Labute approximate surface area is 94.2 Å². The van der Waals surface area contributed by atoms with E-state index in [2.05, 4.69) is 0 Å². The van der Waals surface area contributed by atoms with Gasteiger partial charge in [-0.1, -0.05) is 0 Å². The minimum Gasteiger partial charge on any atom is 0 e. The Balaban J connectivity index is 0. The van der Waals surface area contributed by atoms with Gasteiger partial charge in [0, 0.05) is 51.4 Å². The fourth-order valence-electron chi connectivity index (χ4n) is 0.0530. The summed E-state index contributed by atoms with van der Waals surface area (Å²) in [5.74, 6) is 0. The van der Waals surface area contributed by atoms with Crippen molar-refractivity contribution in [2.24, 2.45) is 0 Å². The zero-order valence-electron chi connectivity index (χ0n) is 4.20. The maximum absolute atomic E-state index is 7.87. The summed E-state index contributed by atoms with van der Waals surface area (Å²) in [5.41, 5.74) is 0. The predicted octanol–water partition coefficient (Wildman–Crippen LogP) is -0.333. The molecule has 0 bridgehead atoms. The third kappa shape index (κ3) is 4.78. The Bertz CT molecular complexity index is 137. The van der Waals surface area contributed by atoms with Crippen LogP contribution in [0.15, 0.2) is 0 Å². The first-order valence-electron chi connectivity index (χ1n) is 1.20. The number of nitriles is 3. The van der Waals surface area contributed by atoms with Gasteiger partial charge in [-0.15, -0.1) is 0 Å². The molecule has 0 atom stereocenters. The Morgan fingerprint density at radius 2 is 1.12 bits per heavy atom. The van der Waals surface area contributed by atoms with Crippen LogP contribution < -0.4 is 0 Å². The summed E-state index contributed by atoms with van der Waals surface area (Å²) >= 11 is -1.79. The molecule has 0 saturated heterocycles. The molecule has 36 valence electrons. The summed E-state index contributed by atoms with van der Waals surface area (Å²) in [6, 6.07) is 0. The fraction of sp³-hybridized carbons (Fsp3) is 0. The molecule has 0 aliphatic rings. The monoisotopic (exact) mass is 173 g/mol. The topological polar surface area (TPSA) is 71.4 Å². The van der Waals surface area contributed by atoms with Crippen molar-refractivity contribution in [3.63, 3.8) is 0 Å². The van der Waals surface area contributed by atoms with Gasteiger partial charge in [-0.05, 0) is 0 Å². The molecule has 0 aromatic carbocycles. The molecule has 3 nitrogen and oxygen atoms in total. The average molecular weight is 173 g/mol. The summed E-state index contributed by atoms with van der Waals surface area (Å²) in [7, 11) is 0. The molecule has 0 aromatic heterocycles. The van der Waals surface area contributed by atoms with E-state index in [1.807, 2.05) is 0 Å². The maximum atomic E-state index is 7.87. The van der Waals surface area contributed by atoms with Crippen LogP contribution in [-0.4, -0.2) is 51.4 Å². The Morgan fingerprint density at radius 3 is 1.12 bits per heavy atom. The first-order chi connectivity index (χ1) is 3.35. The summed E-state index contributed by atoms with van der Waals surface area (Å²) in [5, 5.41) is 23.6. The Morgan fingerprint density at radius 1 is 0.875 bits per heavy atom. The fourth-order valence-corrected chi connectivity index (χ4v) is 0.219. The second-order valence-corrected chi connectivity index (χ2v) is 2.07. The van der Waals surface area contributed by atoms with Crippen molar-refractivity contribution in [3.05, 3.63) is 0 Å². The first kappa shape index (κ1) is 11.4. The predicted molar refractivity (Wildman–Crippen MR) is 22.6 cm³/mol. The van der Waals surface area contributed by atoms with E-state index in [4.69, 9.17) is 15.8 Å². The van der Waals surface area contributed by atoms with E-state index in [0.717, 1.165) is 0 Å². The molecule has 0 spiro atoms. The molecule has 0 saturated carbocycles. The number of nitrogens with zero attached hydrogens (tertiary/aromatic N) is 3. The number of hydrogen-bond donors (Lipinski definition) is 0. The molecule has 0 unspecified atom stereocenters. The maximum Gasteiger partial charge on any atom is 0 e.